The Bertz CT molecular complexity index is 2170. The van der Waals surface area contributed by atoms with Crippen molar-refractivity contribution in [2.75, 3.05) is 69.6 Å². The highest BCUT2D eigenvalue weighted by Gasteiger charge is 2.28. The molecule has 0 saturated carbocycles. The Hall–Kier alpha value is -5.92. The topological polar surface area (TPSA) is 188 Å². The van der Waals surface area contributed by atoms with Gasteiger partial charge in [-0.25, -0.2) is 0 Å². The molecule has 2 atom stereocenters. The Kier molecular flexibility index (Phi) is 23.4. The summed E-state index contributed by atoms with van der Waals surface area (Å²) in [5.74, 6) is 4.20. The molecule has 1 heterocycles. The lowest BCUT2D eigenvalue weighted by atomic mass is 9.89. The second kappa shape index (κ2) is 29.1. The fourth-order valence-electron chi connectivity index (χ4n) is 6.86. The average molecular weight is 939 g/mol. The first-order valence-corrected chi connectivity index (χ1v) is 23.5. The SMILES string of the molecule is CC(C)[C@H](CC(=O)CCOCCOCCOCCOCCC(=O)NCCC(=O)N1Cc2ccccc2C#Cc2ccccc21)C(=O)N[C@@H](C)C(=O)Nc1ccc(COC(=O)CCC(C)(C)C)cc1. The number of nitrogens with one attached hydrogen (secondary N) is 3. The van der Waals surface area contributed by atoms with Crippen molar-refractivity contribution >= 4 is 46.8 Å². The Labute approximate surface area is 401 Å². The molecule has 0 aromatic heterocycles. The smallest absolute Gasteiger partial charge is 0.306 e. The molecule has 4 amide bonds. The van der Waals surface area contributed by atoms with E-state index in [1.807, 2.05) is 62.4 Å². The summed E-state index contributed by atoms with van der Waals surface area (Å²) in [5.41, 5.74) is 4.76. The van der Waals surface area contributed by atoms with E-state index in [-0.39, 0.29) is 99.5 Å². The molecule has 15 heteroatoms. The van der Waals surface area contributed by atoms with E-state index in [2.05, 4.69) is 48.6 Å². The van der Waals surface area contributed by atoms with Crippen molar-refractivity contribution in [3.63, 3.8) is 0 Å². The van der Waals surface area contributed by atoms with Gasteiger partial charge in [0.1, 0.15) is 18.4 Å². The standard InChI is InChI=1S/C53H70N4O11/c1-38(2)46(52(63)55-39(3)51(62)56-44-19-15-40(16-20-44)37-68-50(61)21-25-53(4,5)6)35-45(58)23-27-64-29-31-66-33-34-67-32-30-65-28-24-48(59)54-26-22-49(60)57-36-43-13-8-7-11-41(43)17-18-42-12-9-10-14-47(42)57/h7-16,19-20,38-39,46H,21-37H2,1-6H3,(H,54,59)(H,55,63)(H,56,62)/t39-,46-/m0/s1. The van der Waals surface area contributed by atoms with Crippen LogP contribution in [0.15, 0.2) is 72.8 Å². The summed E-state index contributed by atoms with van der Waals surface area (Å²) in [6.07, 6.45) is 1.56. The lowest BCUT2D eigenvalue weighted by Gasteiger charge is -2.26. The number of rotatable bonds is 29. The first kappa shape index (κ1) is 54.7. The number of carbonyl (C=O) groups excluding carboxylic acids is 6. The third kappa shape index (κ3) is 20.5. The summed E-state index contributed by atoms with van der Waals surface area (Å²) >= 11 is 0. The van der Waals surface area contributed by atoms with Gasteiger partial charge in [0.25, 0.3) is 0 Å². The predicted molar refractivity (Wildman–Crippen MR) is 259 cm³/mol. The Morgan fingerprint density at radius 1 is 0.676 bits per heavy atom. The highest BCUT2D eigenvalue weighted by Crippen LogP contribution is 2.26. The Morgan fingerprint density at radius 3 is 1.91 bits per heavy atom. The van der Waals surface area contributed by atoms with Gasteiger partial charge in [-0.15, -0.1) is 0 Å². The molecule has 0 saturated heterocycles. The van der Waals surface area contributed by atoms with Crippen LogP contribution in [0.1, 0.15) is 102 Å². The van der Waals surface area contributed by atoms with Crippen LogP contribution in [0.2, 0.25) is 0 Å². The fourth-order valence-corrected chi connectivity index (χ4v) is 6.86. The summed E-state index contributed by atoms with van der Waals surface area (Å²) in [4.78, 5) is 78.3. The number of hydrogen-bond donors (Lipinski definition) is 3. The largest absolute Gasteiger partial charge is 0.461 e. The number of carbonyl (C=O) groups is 6. The molecule has 0 spiro atoms. The van der Waals surface area contributed by atoms with Gasteiger partial charge in [0.05, 0.1) is 65.1 Å². The van der Waals surface area contributed by atoms with Crippen molar-refractivity contribution < 1.29 is 52.5 Å². The number of benzene rings is 3. The van der Waals surface area contributed by atoms with Gasteiger partial charge in [-0.05, 0) is 66.1 Å². The first-order chi connectivity index (χ1) is 32.6. The van der Waals surface area contributed by atoms with Gasteiger partial charge in [0, 0.05) is 61.4 Å². The van der Waals surface area contributed by atoms with E-state index in [4.69, 9.17) is 23.7 Å². The van der Waals surface area contributed by atoms with E-state index in [0.717, 1.165) is 34.4 Å². The molecule has 1 aliphatic rings. The third-order valence-electron chi connectivity index (χ3n) is 11.0. The van der Waals surface area contributed by atoms with Crippen LogP contribution in [0.3, 0.4) is 0 Å². The van der Waals surface area contributed by atoms with E-state index in [9.17, 15) is 28.8 Å². The van der Waals surface area contributed by atoms with Crippen LogP contribution in [-0.4, -0.2) is 101 Å². The number of esters is 1. The number of nitrogens with zero attached hydrogens (tertiary/aromatic N) is 1. The summed E-state index contributed by atoms with van der Waals surface area (Å²) < 4.78 is 27.5. The number of fused-ring (bicyclic) bond motifs is 2. The highest BCUT2D eigenvalue weighted by atomic mass is 16.6. The molecule has 0 fully saturated rings. The van der Waals surface area contributed by atoms with Gasteiger partial charge in [-0.1, -0.05) is 88.9 Å². The molecule has 3 N–H and O–H groups in total. The molecular formula is C53H70N4O11. The Balaban J connectivity index is 0.974. The lowest BCUT2D eigenvalue weighted by molar-refractivity contribution is -0.145. The molecule has 0 bridgehead atoms. The second-order valence-corrected chi connectivity index (χ2v) is 18.2. The van der Waals surface area contributed by atoms with Gasteiger partial charge < -0.3 is 44.5 Å². The number of hydrogen-bond acceptors (Lipinski definition) is 11. The normalized spacial score (nSPS) is 12.8. The van der Waals surface area contributed by atoms with Crippen LogP contribution in [0.5, 0.6) is 0 Å². The van der Waals surface area contributed by atoms with Crippen molar-refractivity contribution in [2.45, 2.75) is 99.3 Å². The van der Waals surface area contributed by atoms with Gasteiger partial charge in [-0.3, -0.25) is 28.8 Å². The van der Waals surface area contributed by atoms with Crippen LogP contribution < -0.4 is 20.9 Å². The van der Waals surface area contributed by atoms with E-state index in [1.54, 1.807) is 36.1 Å². The van der Waals surface area contributed by atoms with Crippen molar-refractivity contribution in [2.24, 2.45) is 17.3 Å². The molecular weight excluding hydrogens is 869 g/mol. The molecule has 3 aromatic rings. The van der Waals surface area contributed by atoms with Crippen LogP contribution in [-0.2, 0) is 65.6 Å². The van der Waals surface area contributed by atoms with E-state index in [0.29, 0.717) is 51.7 Å². The molecule has 1 aliphatic heterocycles. The van der Waals surface area contributed by atoms with E-state index < -0.39 is 17.9 Å². The summed E-state index contributed by atoms with van der Waals surface area (Å²) in [5, 5.41) is 8.34. The maximum absolute atomic E-state index is 13.3. The quantitative estimate of drug-likeness (QED) is 0.0390. The molecule has 68 heavy (non-hydrogen) atoms. The third-order valence-corrected chi connectivity index (χ3v) is 11.0. The number of ketones is 1. The van der Waals surface area contributed by atoms with Crippen molar-refractivity contribution in [1.29, 1.82) is 0 Å². The fraction of sp³-hybridized carbons (Fsp3) is 0.509. The van der Waals surface area contributed by atoms with E-state index in [1.165, 1.54) is 0 Å². The first-order valence-electron chi connectivity index (χ1n) is 23.5. The van der Waals surface area contributed by atoms with Crippen LogP contribution >= 0.6 is 0 Å². The highest BCUT2D eigenvalue weighted by molar-refractivity contribution is 5.98. The molecule has 0 radical (unpaired) electrons. The number of ether oxygens (including phenoxy) is 5. The summed E-state index contributed by atoms with van der Waals surface area (Å²) in [6.45, 7) is 14.6. The van der Waals surface area contributed by atoms with Gasteiger partial charge in [0.2, 0.25) is 23.6 Å². The molecule has 0 aliphatic carbocycles. The zero-order valence-electron chi connectivity index (χ0n) is 40.6. The van der Waals surface area contributed by atoms with Crippen LogP contribution in [0, 0.1) is 29.1 Å². The van der Waals surface area contributed by atoms with Gasteiger partial charge in [-0.2, -0.15) is 0 Å². The average Bonchev–Trinajstić information content (AvgIpc) is 3.30. The molecule has 3 aromatic carbocycles. The monoisotopic (exact) mass is 939 g/mol. The Morgan fingerprint density at radius 2 is 1.26 bits per heavy atom. The predicted octanol–water partition coefficient (Wildman–Crippen LogP) is 6.53. The summed E-state index contributed by atoms with van der Waals surface area (Å²) in [6, 6.07) is 21.5. The van der Waals surface area contributed by atoms with Gasteiger partial charge >= 0.3 is 5.97 Å². The number of para-hydroxylation sites is 1. The minimum Gasteiger partial charge on any atom is -0.461 e. The van der Waals surface area contributed by atoms with Crippen molar-refractivity contribution in [1.82, 2.24) is 10.6 Å². The number of anilines is 2. The van der Waals surface area contributed by atoms with Gasteiger partial charge in [0.15, 0.2) is 0 Å². The van der Waals surface area contributed by atoms with Crippen LogP contribution in [0.4, 0.5) is 11.4 Å². The zero-order valence-corrected chi connectivity index (χ0v) is 40.6. The number of amides is 4. The van der Waals surface area contributed by atoms with E-state index >= 15 is 0 Å². The minimum atomic E-state index is -0.844. The molecule has 4 rings (SSSR count). The zero-order chi connectivity index (χ0) is 49.3. The van der Waals surface area contributed by atoms with Crippen molar-refractivity contribution in [3.05, 3.63) is 95.1 Å². The molecule has 368 valence electrons. The minimum absolute atomic E-state index is 0.0266. The van der Waals surface area contributed by atoms with Crippen molar-refractivity contribution in [3.8, 4) is 11.8 Å². The van der Waals surface area contributed by atoms with Crippen LogP contribution in [0.25, 0.3) is 0 Å². The maximum Gasteiger partial charge on any atom is 0.306 e. The number of Topliss-reactive ketones (excluding diaryl/α,β-unsaturated/α-hetero) is 1. The lowest BCUT2D eigenvalue weighted by Crippen LogP contribution is -2.45. The molecule has 0 unspecified atom stereocenters. The molecule has 15 nitrogen and oxygen atoms in total. The maximum atomic E-state index is 13.3. The summed E-state index contributed by atoms with van der Waals surface area (Å²) in [7, 11) is 0. The second-order valence-electron chi connectivity index (χ2n) is 18.2.